The fraction of sp³-hybridized carbons (Fsp3) is 0.176. The first-order valence-corrected chi connectivity index (χ1v) is 8.21. The maximum absolute atomic E-state index is 11.3. The zero-order chi connectivity index (χ0) is 16.1. The molecule has 0 atom stereocenters. The third kappa shape index (κ3) is 4.28. The Morgan fingerprint density at radius 3 is 2.61 bits per heavy atom. The smallest absolute Gasteiger partial charge is 0.231 e. The van der Waals surface area contributed by atoms with Gasteiger partial charge >= 0.3 is 0 Å². The number of hydrogen-bond acceptors (Lipinski definition) is 4. The second-order valence-electron chi connectivity index (χ2n) is 5.31. The van der Waals surface area contributed by atoms with E-state index >= 15 is 0 Å². The number of thiophene rings is 1. The summed E-state index contributed by atoms with van der Waals surface area (Å²) in [6, 6.07) is 14.1. The standard InChI is InChI=1S/C17H18N4OS/c18-17(22)13-20(12-16-3-1-10-23-16)11-14-4-6-15(7-5-14)21-9-2-8-19-21/h1-10H,11-13H2,(H2,18,22). The molecule has 118 valence electrons. The third-order valence-corrected chi connectivity index (χ3v) is 4.31. The summed E-state index contributed by atoms with van der Waals surface area (Å²) in [5.41, 5.74) is 7.53. The molecule has 0 spiro atoms. The van der Waals surface area contributed by atoms with Crippen LogP contribution in [-0.4, -0.2) is 27.1 Å². The minimum atomic E-state index is -0.310. The fourth-order valence-electron chi connectivity index (χ4n) is 2.44. The van der Waals surface area contributed by atoms with Crippen molar-refractivity contribution in [1.82, 2.24) is 14.7 Å². The van der Waals surface area contributed by atoms with Crippen molar-refractivity contribution in [3.63, 3.8) is 0 Å². The van der Waals surface area contributed by atoms with E-state index in [1.165, 1.54) is 4.88 Å². The number of carbonyl (C=O) groups excluding carboxylic acids is 1. The first-order valence-electron chi connectivity index (χ1n) is 7.33. The summed E-state index contributed by atoms with van der Waals surface area (Å²) >= 11 is 1.68. The van der Waals surface area contributed by atoms with Crippen LogP contribution >= 0.6 is 11.3 Å². The first-order chi connectivity index (χ1) is 11.2. The maximum Gasteiger partial charge on any atom is 0.231 e. The Balaban J connectivity index is 1.70. The van der Waals surface area contributed by atoms with Gasteiger partial charge in [-0.15, -0.1) is 11.3 Å². The van der Waals surface area contributed by atoms with Crippen LogP contribution < -0.4 is 5.73 Å². The van der Waals surface area contributed by atoms with Crippen molar-refractivity contribution < 1.29 is 4.79 Å². The van der Waals surface area contributed by atoms with E-state index in [0.717, 1.165) is 17.8 Å². The average Bonchev–Trinajstić information content (AvgIpc) is 3.20. The van der Waals surface area contributed by atoms with E-state index < -0.39 is 0 Å². The second kappa shape index (κ2) is 7.21. The van der Waals surface area contributed by atoms with Crippen molar-refractivity contribution in [2.75, 3.05) is 6.54 Å². The van der Waals surface area contributed by atoms with Gasteiger partial charge in [-0.3, -0.25) is 9.69 Å². The van der Waals surface area contributed by atoms with Crippen LogP contribution in [0.25, 0.3) is 5.69 Å². The summed E-state index contributed by atoms with van der Waals surface area (Å²) in [6.45, 7) is 1.65. The van der Waals surface area contributed by atoms with E-state index in [1.807, 2.05) is 40.5 Å². The third-order valence-electron chi connectivity index (χ3n) is 3.45. The highest BCUT2D eigenvalue weighted by Gasteiger charge is 2.11. The predicted molar refractivity (Wildman–Crippen MR) is 91.2 cm³/mol. The summed E-state index contributed by atoms with van der Waals surface area (Å²) in [5.74, 6) is -0.310. The topological polar surface area (TPSA) is 64.2 Å². The molecule has 0 radical (unpaired) electrons. The number of nitrogens with two attached hydrogens (primary N) is 1. The Kier molecular flexibility index (Phi) is 4.85. The lowest BCUT2D eigenvalue weighted by Crippen LogP contribution is -2.32. The maximum atomic E-state index is 11.3. The van der Waals surface area contributed by atoms with Crippen LogP contribution in [-0.2, 0) is 17.9 Å². The highest BCUT2D eigenvalue weighted by molar-refractivity contribution is 7.09. The van der Waals surface area contributed by atoms with Gasteiger partial charge in [0.15, 0.2) is 0 Å². The Hall–Kier alpha value is -2.44. The summed E-state index contributed by atoms with van der Waals surface area (Å²) in [5, 5.41) is 6.25. The molecule has 1 aromatic carbocycles. The number of rotatable bonds is 7. The Bertz CT molecular complexity index is 736. The molecule has 0 fully saturated rings. The molecule has 2 aromatic heterocycles. The van der Waals surface area contributed by atoms with Crippen molar-refractivity contribution in [3.8, 4) is 5.69 Å². The number of primary amides is 1. The van der Waals surface area contributed by atoms with Gasteiger partial charge in [0, 0.05) is 30.4 Å². The molecule has 0 aliphatic heterocycles. The van der Waals surface area contributed by atoms with E-state index in [2.05, 4.69) is 28.2 Å². The lowest BCUT2D eigenvalue weighted by Gasteiger charge is -2.20. The van der Waals surface area contributed by atoms with E-state index in [4.69, 9.17) is 5.73 Å². The lowest BCUT2D eigenvalue weighted by molar-refractivity contribution is -0.119. The Morgan fingerprint density at radius 2 is 2.00 bits per heavy atom. The normalized spacial score (nSPS) is 11.0. The molecule has 0 aliphatic carbocycles. The molecule has 5 nitrogen and oxygen atoms in total. The zero-order valence-corrected chi connectivity index (χ0v) is 13.4. The Morgan fingerprint density at radius 1 is 1.17 bits per heavy atom. The number of amides is 1. The van der Waals surface area contributed by atoms with Crippen LogP contribution in [0.3, 0.4) is 0 Å². The van der Waals surface area contributed by atoms with Crippen LogP contribution in [0.2, 0.25) is 0 Å². The second-order valence-corrected chi connectivity index (χ2v) is 6.34. The van der Waals surface area contributed by atoms with Gasteiger partial charge < -0.3 is 5.73 Å². The lowest BCUT2D eigenvalue weighted by atomic mass is 10.2. The van der Waals surface area contributed by atoms with Crippen LogP contribution in [0.4, 0.5) is 0 Å². The SMILES string of the molecule is NC(=O)CN(Cc1ccc(-n2cccn2)cc1)Cc1cccs1. The zero-order valence-electron chi connectivity index (χ0n) is 12.6. The van der Waals surface area contributed by atoms with E-state index in [-0.39, 0.29) is 12.5 Å². The summed E-state index contributed by atoms with van der Waals surface area (Å²) in [6.07, 6.45) is 3.66. The quantitative estimate of drug-likeness (QED) is 0.725. The number of nitrogens with zero attached hydrogens (tertiary/aromatic N) is 3. The molecule has 0 saturated heterocycles. The van der Waals surface area contributed by atoms with Crippen molar-refractivity contribution in [1.29, 1.82) is 0 Å². The molecule has 6 heteroatoms. The molecular formula is C17H18N4OS. The van der Waals surface area contributed by atoms with Gasteiger partial charge in [-0.1, -0.05) is 18.2 Å². The van der Waals surface area contributed by atoms with Crippen LogP contribution in [0, 0.1) is 0 Å². The van der Waals surface area contributed by atoms with E-state index in [1.54, 1.807) is 17.5 Å². The molecule has 0 aliphatic rings. The van der Waals surface area contributed by atoms with Crippen molar-refractivity contribution in [3.05, 3.63) is 70.7 Å². The predicted octanol–water partition coefficient (Wildman–Crippen LogP) is 2.42. The van der Waals surface area contributed by atoms with Crippen molar-refractivity contribution in [2.45, 2.75) is 13.1 Å². The summed E-state index contributed by atoms with van der Waals surface area (Å²) in [4.78, 5) is 14.6. The minimum absolute atomic E-state index is 0.249. The molecule has 3 rings (SSSR count). The van der Waals surface area contributed by atoms with Gasteiger partial charge in [0.1, 0.15) is 0 Å². The van der Waals surface area contributed by atoms with Gasteiger partial charge in [-0.2, -0.15) is 5.10 Å². The fourth-order valence-corrected chi connectivity index (χ4v) is 3.19. The highest BCUT2D eigenvalue weighted by atomic mass is 32.1. The van der Waals surface area contributed by atoms with Gasteiger partial charge in [-0.05, 0) is 35.2 Å². The number of carbonyl (C=O) groups is 1. The molecule has 3 aromatic rings. The molecule has 0 unspecified atom stereocenters. The Labute approximate surface area is 139 Å². The van der Waals surface area contributed by atoms with Crippen LogP contribution in [0.15, 0.2) is 60.2 Å². The van der Waals surface area contributed by atoms with E-state index in [9.17, 15) is 4.79 Å². The van der Waals surface area contributed by atoms with Gasteiger partial charge in [0.25, 0.3) is 0 Å². The summed E-state index contributed by atoms with van der Waals surface area (Å²) < 4.78 is 1.82. The van der Waals surface area contributed by atoms with Crippen molar-refractivity contribution in [2.24, 2.45) is 5.73 Å². The molecule has 1 amide bonds. The number of benzene rings is 1. The number of hydrogen-bond donors (Lipinski definition) is 1. The first kappa shape index (κ1) is 15.5. The van der Waals surface area contributed by atoms with E-state index in [0.29, 0.717) is 6.54 Å². The molecule has 2 heterocycles. The monoisotopic (exact) mass is 326 g/mol. The molecular weight excluding hydrogens is 308 g/mol. The van der Waals surface area contributed by atoms with Crippen LogP contribution in [0.5, 0.6) is 0 Å². The molecule has 23 heavy (non-hydrogen) atoms. The summed E-state index contributed by atoms with van der Waals surface area (Å²) in [7, 11) is 0. The molecule has 2 N–H and O–H groups in total. The van der Waals surface area contributed by atoms with Crippen molar-refractivity contribution >= 4 is 17.2 Å². The average molecular weight is 326 g/mol. The highest BCUT2D eigenvalue weighted by Crippen LogP contribution is 2.15. The van der Waals surface area contributed by atoms with Crippen LogP contribution in [0.1, 0.15) is 10.4 Å². The largest absolute Gasteiger partial charge is 0.369 e. The number of aromatic nitrogens is 2. The van der Waals surface area contributed by atoms with Gasteiger partial charge in [0.2, 0.25) is 5.91 Å². The molecule has 0 bridgehead atoms. The van der Waals surface area contributed by atoms with Gasteiger partial charge in [-0.25, -0.2) is 4.68 Å². The minimum Gasteiger partial charge on any atom is -0.369 e. The van der Waals surface area contributed by atoms with Gasteiger partial charge in [0.05, 0.1) is 12.2 Å². The molecule has 0 saturated carbocycles.